The number of phenols is 1. The van der Waals surface area contributed by atoms with Gasteiger partial charge in [-0.15, -0.1) is 0 Å². The van der Waals surface area contributed by atoms with Gasteiger partial charge in [-0.3, -0.25) is 9.00 Å². The van der Waals surface area contributed by atoms with Gasteiger partial charge in [-0.25, -0.2) is 0 Å². The first kappa shape index (κ1) is 11.7. The number of ketones is 1. The number of aromatic hydroxyl groups is 1. The minimum absolute atomic E-state index is 0.0965. The molecule has 1 N–H and O–H groups in total. The van der Waals surface area contributed by atoms with Gasteiger partial charge in [-0.05, 0) is 12.1 Å². The van der Waals surface area contributed by atoms with Crippen LogP contribution in [0.1, 0.15) is 10.4 Å². The van der Waals surface area contributed by atoms with Crippen molar-refractivity contribution in [3.05, 3.63) is 23.8 Å². The Morgan fingerprint density at radius 2 is 2.20 bits per heavy atom. The van der Waals surface area contributed by atoms with Gasteiger partial charge in [0.15, 0.2) is 17.3 Å². The first-order chi connectivity index (χ1) is 7.06. The van der Waals surface area contributed by atoms with E-state index in [0.717, 1.165) is 0 Å². The summed E-state index contributed by atoms with van der Waals surface area (Å²) < 4.78 is 15.7. The van der Waals surface area contributed by atoms with Crippen molar-refractivity contribution < 1.29 is 18.8 Å². The third-order valence-electron chi connectivity index (χ3n) is 1.85. The molecule has 0 fully saturated rings. The van der Waals surface area contributed by atoms with Crippen LogP contribution in [0.3, 0.4) is 0 Å². The van der Waals surface area contributed by atoms with Crippen molar-refractivity contribution in [2.24, 2.45) is 0 Å². The van der Waals surface area contributed by atoms with E-state index in [1.54, 1.807) is 12.1 Å². The number of hydrogen-bond donors (Lipinski definition) is 1. The lowest BCUT2D eigenvalue weighted by Crippen LogP contribution is -2.10. The van der Waals surface area contributed by atoms with Gasteiger partial charge < -0.3 is 9.84 Å². The molecule has 0 aliphatic heterocycles. The number of carbonyl (C=O) groups excluding carboxylic acids is 1. The van der Waals surface area contributed by atoms with Crippen molar-refractivity contribution in [1.29, 1.82) is 0 Å². The molecule has 0 heterocycles. The summed E-state index contributed by atoms with van der Waals surface area (Å²) in [4.78, 5) is 11.5. The molecule has 5 heteroatoms. The molecule has 1 aromatic rings. The quantitative estimate of drug-likeness (QED) is 0.780. The average molecular weight is 228 g/mol. The molecule has 0 aliphatic carbocycles. The highest BCUT2D eigenvalue weighted by Gasteiger charge is 2.15. The third-order valence-corrected chi connectivity index (χ3v) is 2.52. The van der Waals surface area contributed by atoms with E-state index in [4.69, 9.17) is 4.74 Å². The van der Waals surface area contributed by atoms with E-state index in [-0.39, 0.29) is 28.6 Å². The fourth-order valence-electron chi connectivity index (χ4n) is 1.17. The van der Waals surface area contributed by atoms with Crippen LogP contribution in [0.2, 0.25) is 0 Å². The third kappa shape index (κ3) is 2.79. The molecular formula is C10H12O4S. The van der Waals surface area contributed by atoms with Gasteiger partial charge in [0, 0.05) is 17.1 Å². The van der Waals surface area contributed by atoms with Crippen molar-refractivity contribution in [1.82, 2.24) is 0 Å². The zero-order chi connectivity index (χ0) is 11.4. The number of hydrogen-bond acceptors (Lipinski definition) is 4. The Labute approximate surface area is 90.3 Å². The van der Waals surface area contributed by atoms with Crippen LogP contribution < -0.4 is 4.74 Å². The van der Waals surface area contributed by atoms with Crippen LogP contribution in [-0.2, 0) is 10.8 Å². The van der Waals surface area contributed by atoms with Crippen LogP contribution in [0.25, 0.3) is 0 Å². The first-order valence-corrected chi connectivity index (χ1v) is 5.98. The molecule has 0 radical (unpaired) electrons. The number of Topliss-reactive ketones (excluding diaryl/α,β-unsaturated/α-hetero) is 1. The van der Waals surface area contributed by atoms with Gasteiger partial charge in [-0.1, -0.05) is 6.07 Å². The normalized spacial score (nSPS) is 12.1. The Hall–Kier alpha value is -1.36. The second-order valence-electron chi connectivity index (χ2n) is 3.00. The molecule has 0 aliphatic rings. The van der Waals surface area contributed by atoms with E-state index in [1.165, 1.54) is 19.4 Å². The minimum Gasteiger partial charge on any atom is -0.504 e. The van der Waals surface area contributed by atoms with E-state index >= 15 is 0 Å². The molecule has 0 amide bonds. The Morgan fingerprint density at radius 3 is 2.73 bits per heavy atom. The fourth-order valence-corrected chi connectivity index (χ4v) is 1.70. The summed E-state index contributed by atoms with van der Waals surface area (Å²) in [5.41, 5.74) is 0.143. The second-order valence-corrected chi connectivity index (χ2v) is 4.43. The summed E-state index contributed by atoms with van der Waals surface area (Å²) >= 11 is 0. The zero-order valence-electron chi connectivity index (χ0n) is 8.52. The maximum atomic E-state index is 11.5. The highest BCUT2D eigenvalue weighted by atomic mass is 32.2. The lowest BCUT2D eigenvalue weighted by Gasteiger charge is -2.06. The van der Waals surface area contributed by atoms with Gasteiger partial charge in [-0.2, -0.15) is 0 Å². The lowest BCUT2D eigenvalue weighted by atomic mass is 10.1. The monoisotopic (exact) mass is 228 g/mol. The summed E-state index contributed by atoms with van der Waals surface area (Å²) in [5, 5.41) is 9.63. The van der Waals surface area contributed by atoms with Gasteiger partial charge in [0.2, 0.25) is 0 Å². The van der Waals surface area contributed by atoms with Crippen molar-refractivity contribution in [2.45, 2.75) is 0 Å². The Balaban J connectivity index is 3.04. The molecule has 1 unspecified atom stereocenters. The molecule has 15 heavy (non-hydrogen) atoms. The summed E-state index contributed by atoms with van der Waals surface area (Å²) in [6.45, 7) is 0. The summed E-state index contributed by atoms with van der Waals surface area (Å²) in [6.07, 6.45) is 1.44. The molecule has 4 nitrogen and oxygen atoms in total. The van der Waals surface area contributed by atoms with Gasteiger partial charge in [0.25, 0.3) is 0 Å². The number of ether oxygens (including phenoxy) is 1. The Kier molecular flexibility index (Phi) is 3.85. The van der Waals surface area contributed by atoms with Crippen molar-refractivity contribution in [2.75, 3.05) is 19.1 Å². The highest BCUT2D eigenvalue weighted by molar-refractivity contribution is 7.85. The largest absolute Gasteiger partial charge is 0.504 e. The number of para-hydroxylation sites is 1. The topological polar surface area (TPSA) is 63.6 Å². The van der Waals surface area contributed by atoms with Crippen LogP contribution >= 0.6 is 0 Å². The van der Waals surface area contributed by atoms with E-state index < -0.39 is 10.8 Å². The molecule has 0 bridgehead atoms. The van der Waals surface area contributed by atoms with Crippen molar-refractivity contribution in [3.63, 3.8) is 0 Å². The molecule has 1 aromatic carbocycles. The smallest absolute Gasteiger partial charge is 0.179 e. The Bertz CT molecular complexity index is 400. The van der Waals surface area contributed by atoms with Crippen LogP contribution in [0.15, 0.2) is 18.2 Å². The maximum absolute atomic E-state index is 11.5. The predicted octanol–water partition coefficient (Wildman–Crippen LogP) is 0.962. The van der Waals surface area contributed by atoms with Crippen LogP contribution in [-0.4, -0.2) is 34.2 Å². The van der Waals surface area contributed by atoms with Crippen LogP contribution in [0.5, 0.6) is 11.5 Å². The SMILES string of the molecule is COc1cccc(C(=O)CS(C)=O)c1O. The van der Waals surface area contributed by atoms with E-state index in [2.05, 4.69) is 0 Å². The number of carbonyl (C=O) groups is 1. The van der Waals surface area contributed by atoms with Crippen LogP contribution in [0.4, 0.5) is 0 Å². The molecule has 0 aromatic heterocycles. The lowest BCUT2D eigenvalue weighted by molar-refractivity contribution is 0.101. The number of methoxy groups -OCH3 is 1. The Morgan fingerprint density at radius 1 is 1.53 bits per heavy atom. The van der Waals surface area contributed by atoms with E-state index in [0.29, 0.717) is 0 Å². The summed E-state index contributed by atoms with van der Waals surface area (Å²) in [7, 11) is 0.190. The van der Waals surface area contributed by atoms with Gasteiger partial charge >= 0.3 is 0 Å². The minimum atomic E-state index is -1.21. The molecule has 82 valence electrons. The molecule has 0 saturated carbocycles. The second kappa shape index (κ2) is 4.93. The number of phenolic OH excluding ortho intramolecular Hbond substituents is 1. The summed E-state index contributed by atoms with van der Waals surface area (Å²) in [6, 6.07) is 4.63. The van der Waals surface area contributed by atoms with E-state index in [1.807, 2.05) is 0 Å². The molecule has 1 atom stereocenters. The van der Waals surface area contributed by atoms with Gasteiger partial charge in [0.1, 0.15) is 0 Å². The van der Waals surface area contributed by atoms with E-state index in [9.17, 15) is 14.1 Å². The maximum Gasteiger partial charge on any atom is 0.179 e. The molecule has 0 spiro atoms. The van der Waals surface area contributed by atoms with Crippen LogP contribution in [0, 0.1) is 0 Å². The highest BCUT2D eigenvalue weighted by Crippen LogP contribution is 2.29. The fraction of sp³-hybridized carbons (Fsp3) is 0.300. The van der Waals surface area contributed by atoms with Crippen molar-refractivity contribution >= 4 is 16.6 Å². The van der Waals surface area contributed by atoms with Crippen molar-refractivity contribution in [3.8, 4) is 11.5 Å². The van der Waals surface area contributed by atoms with Gasteiger partial charge in [0.05, 0.1) is 18.4 Å². The molecule has 0 saturated heterocycles. The zero-order valence-corrected chi connectivity index (χ0v) is 9.34. The summed E-state index contributed by atoms with van der Waals surface area (Å²) in [5.74, 6) is -0.411. The average Bonchev–Trinajstić information content (AvgIpc) is 2.17. The number of benzene rings is 1. The predicted molar refractivity (Wildman–Crippen MR) is 57.9 cm³/mol. The molecule has 1 rings (SSSR count). The standard InChI is InChI=1S/C10H12O4S/c1-14-9-5-3-4-7(10(9)12)8(11)6-15(2)13/h3-5,12H,6H2,1-2H3. The first-order valence-electron chi connectivity index (χ1n) is 4.25. The molecular weight excluding hydrogens is 216 g/mol. The number of rotatable bonds is 4.